The summed E-state index contributed by atoms with van der Waals surface area (Å²) in [5.74, 6) is -0.611. The molecule has 2 aliphatic rings. The number of fused-ring (bicyclic) bond motifs is 1. The predicted molar refractivity (Wildman–Crippen MR) is 116 cm³/mol. The number of ether oxygens (including phenoxy) is 1. The smallest absolute Gasteiger partial charge is 0.262 e. The normalized spacial score (nSPS) is 17.1. The Morgan fingerprint density at radius 2 is 1.41 bits per heavy atom. The van der Waals surface area contributed by atoms with Crippen molar-refractivity contribution >= 4 is 23.6 Å². The molecule has 2 aliphatic heterocycles. The zero-order chi connectivity index (χ0) is 22.8. The highest BCUT2D eigenvalue weighted by Crippen LogP contribution is 2.25. The molecule has 2 heterocycles. The van der Waals surface area contributed by atoms with Crippen LogP contribution in [0.15, 0.2) is 48.5 Å². The van der Waals surface area contributed by atoms with Crippen LogP contribution < -0.4 is 4.74 Å². The number of carbonyl (C=O) groups is 4. The molecule has 1 saturated heterocycles. The minimum absolute atomic E-state index is 0.102. The van der Waals surface area contributed by atoms with E-state index >= 15 is 0 Å². The lowest BCUT2D eigenvalue weighted by Crippen LogP contribution is -2.50. The van der Waals surface area contributed by atoms with Gasteiger partial charge in [0.15, 0.2) is 0 Å². The van der Waals surface area contributed by atoms with Gasteiger partial charge in [0.05, 0.1) is 18.2 Å². The molecule has 166 valence electrons. The maximum absolute atomic E-state index is 13.2. The number of benzene rings is 2. The van der Waals surface area contributed by atoms with Crippen molar-refractivity contribution < 1.29 is 23.9 Å². The van der Waals surface area contributed by atoms with Crippen molar-refractivity contribution in [3.63, 3.8) is 0 Å². The fraction of sp³-hybridized carbons (Fsp3) is 0.333. The fourth-order valence-electron chi connectivity index (χ4n) is 4.19. The summed E-state index contributed by atoms with van der Waals surface area (Å²) < 4.78 is 5.13. The van der Waals surface area contributed by atoms with Crippen molar-refractivity contribution in [2.24, 2.45) is 0 Å². The summed E-state index contributed by atoms with van der Waals surface area (Å²) in [4.78, 5) is 55.9. The van der Waals surface area contributed by atoms with Crippen LogP contribution in [-0.4, -0.2) is 77.7 Å². The molecule has 32 heavy (non-hydrogen) atoms. The molecule has 0 N–H and O–H groups in total. The molecular weight excluding hydrogens is 410 g/mol. The first-order valence-corrected chi connectivity index (χ1v) is 10.6. The summed E-state index contributed by atoms with van der Waals surface area (Å²) >= 11 is 0. The minimum Gasteiger partial charge on any atom is -0.497 e. The van der Waals surface area contributed by atoms with Gasteiger partial charge in [0, 0.05) is 31.7 Å². The van der Waals surface area contributed by atoms with Crippen molar-refractivity contribution in [2.45, 2.75) is 19.4 Å². The summed E-state index contributed by atoms with van der Waals surface area (Å²) in [6, 6.07) is 12.6. The first kappa shape index (κ1) is 21.5. The number of amides is 4. The van der Waals surface area contributed by atoms with E-state index in [4.69, 9.17) is 4.74 Å². The molecule has 0 radical (unpaired) electrons. The predicted octanol–water partition coefficient (Wildman–Crippen LogP) is 2.05. The van der Waals surface area contributed by atoms with Crippen LogP contribution in [-0.2, 0) is 4.79 Å². The first-order chi connectivity index (χ1) is 15.4. The summed E-state index contributed by atoms with van der Waals surface area (Å²) in [6.45, 7) is 3.28. The van der Waals surface area contributed by atoms with Crippen molar-refractivity contribution in [1.82, 2.24) is 14.7 Å². The van der Waals surface area contributed by atoms with E-state index in [-0.39, 0.29) is 11.8 Å². The van der Waals surface area contributed by atoms with Gasteiger partial charge in [0.25, 0.3) is 17.7 Å². The van der Waals surface area contributed by atoms with Crippen molar-refractivity contribution in [3.8, 4) is 5.75 Å². The molecule has 0 aliphatic carbocycles. The van der Waals surface area contributed by atoms with E-state index in [2.05, 4.69) is 0 Å². The number of hydrogen-bond acceptors (Lipinski definition) is 5. The van der Waals surface area contributed by atoms with Crippen molar-refractivity contribution in [2.75, 3.05) is 33.3 Å². The highest BCUT2D eigenvalue weighted by atomic mass is 16.5. The molecule has 0 aromatic heterocycles. The van der Waals surface area contributed by atoms with Gasteiger partial charge < -0.3 is 14.5 Å². The molecule has 4 amide bonds. The molecule has 0 spiro atoms. The van der Waals surface area contributed by atoms with Crippen LogP contribution in [0, 0.1) is 0 Å². The highest BCUT2D eigenvalue weighted by molar-refractivity contribution is 6.22. The highest BCUT2D eigenvalue weighted by Gasteiger charge is 2.41. The number of imide groups is 1. The molecule has 4 rings (SSSR count). The van der Waals surface area contributed by atoms with Crippen LogP contribution in [0.3, 0.4) is 0 Å². The Balaban J connectivity index is 1.42. The third-order valence-corrected chi connectivity index (χ3v) is 6.00. The lowest BCUT2D eigenvalue weighted by Gasteiger charge is -2.28. The summed E-state index contributed by atoms with van der Waals surface area (Å²) in [7, 11) is 1.57. The summed E-state index contributed by atoms with van der Waals surface area (Å²) in [5.41, 5.74) is 1.21. The number of rotatable bonds is 4. The summed E-state index contributed by atoms with van der Waals surface area (Å²) in [5, 5.41) is 0. The van der Waals surface area contributed by atoms with Gasteiger partial charge in [0.2, 0.25) is 5.91 Å². The van der Waals surface area contributed by atoms with Gasteiger partial charge in [0.1, 0.15) is 11.8 Å². The molecule has 1 fully saturated rings. The monoisotopic (exact) mass is 435 g/mol. The third-order valence-electron chi connectivity index (χ3n) is 6.00. The second-order valence-corrected chi connectivity index (χ2v) is 7.90. The number of nitrogens with zero attached hydrogens (tertiary/aromatic N) is 3. The van der Waals surface area contributed by atoms with Gasteiger partial charge in [-0.1, -0.05) is 12.1 Å². The second kappa shape index (κ2) is 8.82. The Hall–Kier alpha value is -3.68. The van der Waals surface area contributed by atoms with Gasteiger partial charge in [-0.15, -0.1) is 0 Å². The maximum atomic E-state index is 13.2. The van der Waals surface area contributed by atoms with E-state index in [0.29, 0.717) is 55.0 Å². The van der Waals surface area contributed by atoms with Crippen LogP contribution in [0.2, 0.25) is 0 Å². The zero-order valence-corrected chi connectivity index (χ0v) is 18.1. The van der Waals surface area contributed by atoms with Crippen molar-refractivity contribution in [3.05, 3.63) is 65.2 Å². The lowest BCUT2D eigenvalue weighted by molar-refractivity contribution is -0.134. The van der Waals surface area contributed by atoms with E-state index in [0.717, 1.165) is 4.90 Å². The fourth-order valence-corrected chi connectivity index (χ4v) is 4.19. The van der Waals surface area contributed by atoms with Crippen molar-refractivity contribution in [1.29, 1.82) is 0 Å². The summed E-state index contributed by atoms with van der Waals surface area (Å²) in [6.07, 6.45) is 0.614. The van der Waals surface area contributed by atoms with Gasteiger partial charge >= 0.3 is 0 Å². The standard InChI is InChI=1S/C24H25N3O5/c1-16(27-23(30)19-6-3-4-7-20(19)24(27)31)21(28)25-12-5-13-26(15-14-25)22(29)17-8-10-18(32-2)11-9-17/h3-4,6-11,16H,5,12-15H2,1-2H3. The zero-order valence-electron chi connectivity index (χ0n) is 18.1. The molecule has 1 atom stereocenters. The Labute approximate surface area is 186 Å². The van der Waals surface area contributed by atoms with Crippen LogP contribution in [0.4, 0.5) is 0 Å². The maximum Gasteiger partial charge on any atom is 0.262 e. The molecule has 0 bridgehead atoms. The van der Waals surface area contributed by atoms with Gasteiger partial charge in [-0.3, -0.25) is 24.1 Å². The van der Waals surface area contributed by atoms with Crippen LogP contribution in [0.1, 0.15) is 44.4 Å². The third kappa shape index (κ3) is 3.84. The lowest BCUT2D eigenvalue weighted by atomic mass is 10.1. The SMILES string of the molecule is COc1ccc(C(=O)N2CCCN(C(=O)C(C)N3C(=O)c4ccccc4C3=O)CC2)cc1. The van der Waals surface area contributed by atoms with Crippen LogP contribution in [0.25, 0.3) is 0 Å². The number of hydrogen-bond donors (Lipinski definition) is 0. The van der Waals surface area contributed by atoms with Gasteiger partial charge in [-0.2, -0.15) is 0 Å². The Bertz CT molecular complexity index is 1030. The van der Waals surface area contributed by atoms with Gasteiger partial charge in [-0.25, -0.2) is 0 Å². The van der Waals surface area contributed by atoms with Gasteiger partial charge in [-0.05, 0) is 49.7 Å². The molecule has 0 saturated carbocycles. The molecular formula is C24H25N3O5. The average Bonchev–Trinajstić information content (AvgIpc) is 2.98. The van der Waals surface area contributed by atoms with E-state index in [1.54, 1.807) is 72.4 Å². The van der Waals surface area contributed by atoms with E-state index in [1.165, 1.54) is 0 Å². The molecule has 2 aromatic carbocycles. The van der Waals surface area contributed by atoms with E-state index in [9.17, 15) is 19.2 Å². The van der Waals surface area contributed by atoms with Crippen LogP contribution in [0.5, 0.6) is 5.75 Å². The second-order valence-electron chi connectivity index (χ2n) is 7.90. The molecule has 8 nitrogen and oxygen atoms in total. The molecule has 1 unspecified atom stereocenters. The molecule has 8 heteroatoms. The quantitative estimate of drug-likeness (QED) is 0.686. The largest absolute Gasteiger partial charge is 0.497 e. The van der Waals surface area contributed by atoms with Crippen LogP contribution >= 0.6 is 0 Å². The molecule has 2 aromatic rings. The topological polar surface area (TPSA) is 87.2 Å². The Kier molecular flexibility index (Phi) is 5.94. The number of carbonyl (C=O) groups excluding carboxylic acids is 4. The number of methoxy groups -OCH3 is 1. The van der Waals surface area contributed by atoms with E-state index in [1.807, 2.05) is 0 Å². The average molecular weight is 435 g/mol. The van der Waals surface area contributed by atoms with E-state index < -0.39 is 17.9 Å². The first-order valence-electron chi connectivity index (χ1n) is 10.6. The minimum atomic E-state index is -0.911. The Morgan fingerprint density at radius 3 is 2.00 bits per heavy atom. The Morgan fingerprint density at radius 1 is 0.844 bits per heavy atom.